The summed E-state index contributed by atoms with van der Waals surface area (Å²) in [6.07, 6.45) is 5.27. The van der Waals surface area contributed by atoms with Crippen LogP contribution in [0.15, 0.2) is 30.5 Å². The van der Waals surface area contributed by atoms with Crippen molar-refractivity contribution in [1.82, 2.24) is 9.97 Å². The number of nitrogens with zero attached hydrogens (tertiary/aromatic N) is 4. The molecular formula is C20H19N5O. The molecule has 2 fully saturated rings. The number of anilines is 2. The van der Waals surface area contributed by atoms with E-state index in [0.29, 0.717) is 49.2 Å². The van der Waals surface area contributed by atoms with Gasteiger partial charge in [-0.3, -0.25) is 0 Å². The van der Waals surface area contributed by atoms with Crippen LogP contribution in [0.4, 0.5) is 11.6 Å². The molecule has 1 aliphatic heterocycles. The van der Waals surface area contributed by atoms with Crippen molar-refractivity contribution in [3.8, 4) is 12.1 Å². The lowest BCUT2D eigenvalue weighted by atomic mass is 9.75. The van der Waals surface area contributed by atoms with Crippen molar-refractivity contribution >= 4 is 11.6 Å². The van der Waals surface area contributed by atoms with Gasteiger partial charge in [0.1, 0.15) is 11.6 Å². The fraction of sp³-hybridized carbons (Fsp3) is 0.400. The van der Waals surface area contributed by atoms with E-state index in [2.05, 4.69) is 28.5 Å². The monoisotopic (exact) mass is 345 g/mol. The summed E-state index contributed by atoms with van der Waals surface area (Å²) in [6, 6.07) is 12.0. The lowest BCUT2D eigenvalue weighted by Gasteiger charge is -2.31. The Balaban J connectivity index is 1.72. The first-order valence-electron chi connectivity index (χ1n) is 8.87. The highest BCUT2D eigenvalue weighted by atomic mass is 16.5. The van der Waals surface area contributed by atoms with Crippen LogP contribution in [0, 0.1) is 22.7 Å². The lowest BCUT2D eigenvalue weighted by Crippen LogP contribution is -2.32. The van der Waals surface area contributed by atoms with Gasteiger partial charge in [-0.15, -0.1) is 0 Å². The second-order valence-electron chi connectivity index (χ2n) is 6.91. The molecule has 0 unspecified atom stereocenters. The summed E-state index contributed by atoms with van der Waals surface area (Å²) in [6.45, 7) is 1.20. The fourth-order valence-electron chi connectivity index (χ4n) is 3.37. The normalized spacial score (nSPS) is 18.5. The van der Waals surface area contributed by atoms with Crippen molar-refractivity contribution < 1.29 is 4.74 Å². The highest BCUT2D eigenvalue weighted by molar-refractivity contribution is 5.56. The molecule has 0 atom stereocenters. The zero-order chi connectivity index (χ0) is 18.0. The third-order valence-corrected chi connectivity index (χ3v) is 5.10. The molecule has 3 heterocycles. The summed E-state index contributed by atoms with van der Waals surface area (Å²) < 4.78 is 5.47. The molecule has 2 aliphatic rings. The van der Waals surface area contributed by atoms with Gasteiger partial charge in [0.25, 0.3) is 0 Å². The Hall–Kier alpha value is -2.96. The number of rotatable bonds is 4. The van der Waals surface area contributed by atoms with Gasteiger partial charge in [-0.1, -0.05) is 0 Å². The first kappa shape index (κ1) is 16.5. The molecule has 1 aliphatic carbocycles. The predicted octanol–water partition coefficient (Wildman–Crippen LogP) is 3.54. The zero-order valence-corrected chi connectivity index (χ0v) is 14.4. The topological polar surface area (TPSA) is 94.6 Å². The summed E-state index contributed by atoms with van der Waals surface area (Å²) in [7, 11) is 0. The van der Waals surface area contributed by atoms with Crippen LogP contribution in [0.5, 0.6) is 0 Å². The maximum absolute atomic E-state index is 9.89. The number of aromatic nitrogens is 2. The molecular weight excluding hydrogens is 326 g/mol. The van der Waals surface area contributed by atoms with Gasteiger partial charge in [-0.25, -0.2) is 9.97 Å². The maximum Gasteiger partial charge on any atom is 0.132 e. The Kier molecular flexibility index (Phi) is 4.28. The van der Waals surface area contributed by atoms with Gasteiger partial charge in [0.15, 0.2) is 0 Å². The van der Waals surface area contributed by atoms with Crippen LogP contribution in [0.3, 0.4) is 0 Å². The van der Waals surface area contributed by atoms with Gasteiger partial charge in [-0.05, 0) is 55.5 Å². The zero-order valence-electron chi connectivity index (χ0n) is 14.4. The van der Waals surface area contributed by atoms with E-state index in [-0.39, 0.29) is 0 Å². The highest BCUT2D eigenvalue weighted by Crippen LogP contribution is 2.42. The van der Waals surface area contributed by atoms with Crippen LogP contribution >= 0.6 is 0 Å². The van der Waals surface area contributed by atoms with Crippen molar-refractivity contribution in [2.24, 2.45) is 0 Å². The Morgan fingerprint density at radius 3 is 2.62 bits per heavy atom. The van der Waals surface area contributed by atoms with Gasteiger partial charge in [0.05, 0.1) is 23.1 Å². The smallest absolute Gasteiger partial charge is 0.132 e. The molecule has 130 valence electrons. The van der Waals surface area contributed by atoms with Crippen LogP contribution in [-0.4, -0.2) is 23.2 Å². The average Bonchev–Trinajstić information content (AvgIpc) is 3.54. The molecule has 0 radical (unpaired) electrons. The molecule has 0 bridgehead atoms. The lowest BCUT2D eigenvalue weighted by molar-refractivity contribution is 0.0675. The third kappa shape index (κ3) is 3.24. The molecule has 2 aromatic heterocycles. The quantitative estimate of drug-likeness (QED) is 0.910. The molecule has 1 saturated carbocycles. The first-order valence-corrected chi connectivity index (χ1v) is 8.87. The minimum absolute atomic E-state index is 0.476. The van der Waals surface area contributed by atoms with Gasteiger partial charge in [0, 0.05) is 31.0 Å². The summed E-state index contributed by atoms with van der Waals surface area (Å²) >= 11 is 0. The Labute approximate surface area is 152 Å². The van der Waals surface area contributed by atoms with Crippen LogP contribution in [0.25, 0.3) is 0 Å². The number of nitrogens with one attached hydrogen (secondary N) is 1. The van der Waals surface area contributed by atoms with E-state index in [4.69, 9.17) is 15.0 Å². The van der Waals surface area contributed by atoms with E-state index < -0.39 is 5.41 Å². The number of hydrogen-bond donors (Lipinski definition) is 1. The Morgan fingerprint density at radius 2 is 1.92 bits per heavy atom. The van der Waals surface area contributed by atoms with Crippen molar-refractivity contribution in [1.29, 1.82) is 10.5 Å². The molecule has 6 nitrogen and oxygen atoms in total. The first-order chi connectivity index (χ1) is 12.7. The molecule has 6 heteroatoms. The van der Waals surface area contributed by atoms with Crippen molar-refractivity contribution in [2.45, 2.75) is 37.0 Å². The molecule has 0 aromatic carbocycles. The molecule has 1 saturated heterocycles. The third-order valence-electron chi connectivity index (χ3n) is 5.10. The van der Waals surface area contributed by atoms with Gasteiger partial charge in [0.2, 0.25) is 0 Å². The van der Waals surface area contributed by atoms with Crippen molar-refractivity contribution in [3.05, 3.63) is 47.3 Å². The SMILES string of the molecule is N#Cc1ccnc(Nc2cc(C3(C#N)CCOCC3)cc(C3CC3)n2)c1. The second kappa shape index (κ2) is 6.74. The predicted molar refractivity (Wildman–Crippen MR) is 95.8 cm³/mol. The van der Waals surface area contributed by atoms with Gasteiger partial charge in [-0.2, -0.15) is 10.5 Å². The fourth-order valence-corrected chi connectivity index (χ4v) is 3.37. The average molecular weight is 345 g/mol. The largest absolute Gasteiger partial charge is 0.381 e. The number of nitriles is 2. The summed E-state index contributed by atoms with van der Waals surface area (Å²) in [4.78, 5) is 9.00. The summed E-state index contributed by atoms with van der Waals surface area (Å²) in [5, 5.41) is 22.2. The number of pyridine rings is 2. The maximum atomic E-state index is 9.89. The molecule has 0 spiro atoms. The number of ether oxygens (including phenoxy) is 1. The van der Waals surface area contributed by atoms with Crippen molar-refractivity contribution in [2.75, 3.05) is 18.5 Å². The molecule has 0 amide bonds. The van der Waals surface area contributed by atoms with Crippen LogP contribution in [-0.2, 0) is 10.2 Å². The minimum Gasteiger partial charge on any atom is -0.381 e. The van der Waals surface area contributed by atoms with E-state index in [1.807, 2.05) is 6.07 Å². The van der Waals surface area contributed by atoms with E-state index >= 15 is 0 Å². The van der Waals surface area contributed by atoms with Crippen LogP contribution < -0.4 is 5.32 Å². The summed E-state index contributed by atoms with van der Waals surface area (Å²) in [5.41, 5.74) is 2.05. The van der Waals surface area contributed by atoms with Gasteiger partial charge < -0.3 is 10.1 Å². The van der Waals surface area contributed by atoms with Crippen molar-refractivity contribution in [3.63, 3.8) is 0 Å². The molecule has 1 N–H and O–H groups in total. The van der Waals surface area contributed by atoms with E-state index in [0.717, 1.165) is 24.1 Å². The van der Waals surface area contributed by atoms with Crippen LogP contribution in [0.2, 0.25) is 0 Å². The Bertz CT molecular complexity index is 901. The highest BCUT2D eigenvalue weighted by Gasteiger charge is 2.36. The summed E-state index contributed by atoms with van der Waals surface area (Å²) in [5.74, 6) is 1.73. The van der Waals surface area contributed by atoms with E-state index in [1.165, 1.54) is 0 Å². The molecule has 26 heavy (non-hydrogen) atoms. The van der Waals surface area contributed by atoms with E-state index in [1.54, 1.807) is 18.3 Å². The van der Waals surface area contributed by atoms with Crippen LogP contribution in [0.1, 0.15) is 48.4 Å². The number of hydrogen-bond acceptors (Lipinski definition) is 6. The van der Waals surface area contributed by atoms with E-state index in [9.17, 15) is 5.26 Å². The molecule has 4 rings (SSSR count). The second-order valence-corrected chi connectivity index (χ2v) is 6.91. The minimum atomic E-state index is -0.525. The molecule has 2 aromatic rings. The Morgan fingerprint density at radius 1 is 1.12 bits per heavy atom. The van der Waals surface area contributed by atoms with Gasteiger partial charge >= 0.3 is 0 Å². The standard InChI is InChI=1S/C20H19N5O/c21-12-14-3-6-23-18(9-14)25-19-11-16(10-17(24-19)15-1-2-15)20(13-22)4-7-26-8-5-20/h3,6,9-11,15H,1-2,4-5,7-8H2,(H,23,24,25).